The van der Waals surface area contributed by atoms with Crippen LogP contribution in [0.15, 0.2) is 28.7 Å². The summed E-state index contributed by atoms with van der Waals surface area (Å²) in [4.78, 5) is 40.8. The Hall–Kier alpha value is -3.57. The summed E-state index contributed by atoms with van der Waals surface area (Å²) in [6.07, 6.45) is 2.57. The van der Waals surface area contributed by atoms with Gasteiger partial charge in [0.2, 0.25) is 12.3 Å². The number of nitrogens with zero attached hydrogens (tertiary/aromatic N) is 2. The average Bonchev–Trinajstić information content (AvgIpc) is 3.34. The lowest BCUT2D eigenvalue weighted by Crippen LogP contribution is -2.44. The van der Waals surface area contributed by atoms with E-state index in [-0.39, 0.29) is 30.0 Å². The van der Waals surface area contributed by atoms with E-state index in [9.17, 15) is 19.5 Å². The lowest BCUT2D eigenvalue weighted by atomic mass is 9.76. The molecule has 2 amide bonds. The number of amides is 2. The van der Waals surface area contributed by atoms with E-state index in [1.54, 1.807) is 12.3 Å². The number of benzene rings is 1. The minimum Gasteiger partial charge on any atom is -0.507 e. The van der Waals surface area contributed by atoms with Crippen LogP contribution in [0, 0.1) is 0 Å². The van der Waals surface area contributed by atoms with Crippen LogP contribution >= 0.6 is 11.3 Å². The average molecular weight is 554 g/mol. The summed E-state index contributed by atoms with van der Waals surface area (Å²) in [5.74, 6) is -3.04. The van der Waals surface area contributed by atoms with Crippen molar-refractivity contribution in [3.05, 3.63) is 40.4 Å². The highest BCUT2D eigenvalue weighted by atomic mass is 32.1. The van der Waals surface area contributed by atoms with Crippen LogP contribution < -0.4 is 22.1 Å². The van der Waals surface area contributed by atoms with E-state index in [4.69, 9.17) is 26.6 Å². The van der Waals surface area contributed by atoms with Gasteiger partial charge in [-0.25, -0.2) is 9.78 Å². The maximum absolute atomic E-state index is 11.0. The molecular formula is C22H35BN6O8S. The summed E-state index contributed by atoms with van der Waals surface area (Å²) >= 11 is 1.31. The number of thiazole rings is 1. The van der Waals surface area contributed by atoms with Gasteiger partial charge in [0.1, 0.15) is 29.8 Å². The molecule has 1 heterocycles. The molecule has 38 heavy (non-hydrogen) atoms. The largest absolute Gasteiger partial charge is 0.507 e. The van der Waals surface area contributed by atoms with Gasteiger partial charge in [0, 0.05) is 5.38 Å². The number of aromatic nitrogens is 1. The molecule has 0 spiro atoms. The Balaban J connectivity index is 0.000000619. The zero-order valence-corrected chi connectivity index (χ0v) is 22.3. The second-order valence-corrected chi connectivity index (χ2v) is 8.28. The van der Waals surface area contributed by atoms with Gasteiger partial charge in [-0.2, -0.15) is 0 Å². The van der Waals surface area contributed by atoms with Crippen LogP contribution in [0.25, 0.3) is 0 Å². The van der Waals surface area contributed by atoms with Crippen molar-refractivity contribution >= 4 is 47.6 Å². The number of carbonyl (C=O) groups is 3. The fourth-order valence-electron chi connectivity index (χ4n) is 2.56. The van der Waals surface area contributed by atoms with Gasteiger partial charge in [-0.15, -0.1) is 11.3 Å². The minimum atomic E-state index is -1.82. The highest BCUT2D eigenvalue weighted by Crippen LogP contribution is 2.23. The van der Waals surface area contributed by atoms with E-state index in [1.807, 2.05) is 0 Å². The minimum absolute atomic E-state index is 0.0555. The molecule has 0 aliphatic heterocycles. The summed E-state index contributed by atoms with van der Waals surface area (Å²) in [6, 6.07) is 4.07. The molecule has 0 bridgehead atoms. The van der Waals surface area contributed by atoms with E-state index >= 15 is 0 Å². The van der Waals surface area contributed by atoms with E-state index < -0.39 is 24.8 Å². The number of phenols is 1. The third kappa shape index (κ3) is 13.1. The third-order valence-electron chi connectivity index (χ3n) is 4.52. The van der Waals surface area contributed by atoms with Crippen molar-refractivity contribution in [3.8, 4) is 5.75 Å². The molecule has 1 aromatic heterocycles. The quantitative estimate of drug-likeness (QED) is 0.0746. The number of anilines is 1. The summed E-state index contributed by atoms with van der Waals surface area (Å²) in [7, 11) is -0.351. The summed E-state index contributed by atoms with van der Waals surface area (Å²) in [5.41, 5.74) is 11.5. The van der Waals surface area contributed by atoms with Crippen LogP contribution in [0.5, 0.6) is 5.75 Å². The second kappa shape index (κ2) is 19.5. The lowest BCUT2D eigenvalue weighted by molar-refractivity contribution is -0.115. The Bertz CT molecular complexity index is 1040. The first-order valence-electron chi connectivity index (χ1n) is 11.4. The fourth-order valence-corrected chi connectivity index (χ4v) is 3.33. The number of nitrogens with one attached hydrogen (secondary N) is 2. The van der Waals surface area contributed by atoms with Crippen molar-refractivity contribution in [2.75, 3.05) is 25.5 Å². The van der Waals surface area contributed by atoms with Gasteiger partial charge < -0.3 is 47.2 Å². The van der Waals surface area contributed by atoms with Crippen LogP contribution in [0.2, 0.25) is 0 Å². The first-order valence-corrected chi connectivity index (χ1v) is 12.3. The van der Waals surface area contributed by atoms with Crippen molar-refractivity contribution in [2.24, 2.45) is 16.6 Å². The smallest absolute Gasteiger partial charge is 0.475 e. The molecule has 2 aromatic rings. The normalized spacial score (nSPS) is 11.1. The summed E-state index contributed by atoms with van der Waals surface area (Å²) in [5, 5.41) is 47.3. The molecule has 10 N–H and O–H groups in total. The van der Waals surface area contributed by atoms with Crippen molar-refractivity contribution < 1.29 is 39.5 Å². The molecule has 0 fully saturated rings. The fraction of sp³-hybridized carbons (Fsp3) is 0.409. The van der Waals surface area contributed by atoms with Gasteiger partial charge in [-0.3, -0.25) is 9.59 Å². The van der Waals surface area contributed by atoms with E-state index in [0.29, 0.717) is 22.9 Å². The number of oxime groups is 1. The number of nitrogens with two attached hydrogens (primary N) is 2. The van der Waals surface area contributed by atoms with E-state index in [0.717, 1.165) is 6.54 Å². The van der Waals surface area contributed by atoms with Gasteiger partial charge >= 0.3 is 13.1 Å². The molecule has 0 aliphatic rings. The zero-order valence-electron chi connectivity index (χ0n) is 21.5. The first-order chi connectivity index (χ1) is 18.1. The monoisotopic (exact) mass is 554 g/mol. The molecule has 2 rings (SSSR count). The number of hydrogen-bond acceptors (Lipinski definition) is 12. The molecule has 1 aromatic carbocycles. The number of aromatic hydroxyl groups is 1. The zero-order chi connectivity index (χ0) is 29.1. The number of carboxylic acid groups (broad SMARTS) is 1. The van der Waals surface area contributed by atoms with Crippen molar-refractivity contribution in [1.82, 2.24) is 10.3 Å². The molecule has 14 nitrogen and oxygen atoms in total. The Morgan fingerprint density at radius 2 is 2.00 bits per heavy atom. The number of unbranched alkanes of at least 4 members (excludes halogenated alkanes) is 1. The van der Waals surface area contributed by atoms with Gasteiger partial charge in [-0.1, -0.05) is 30.6 Å². The number of hydrogen-bond donors (Lipinski definition) is 8. The van der Waals surface area contributed by atoms with Crippen LogP contribution in [-0.4, -0.2) is 82.5 Å². The lowest BCUT2D eigenvalue weighted by Gasteiger charge is -2.16. The van der Waals surface area contributed by atoms with Crippen molar-refractivity contribution in [3.63, 3.8) is 0 Å². The Kier molecular flexibility index (Phi) is 17.7. The van der Waals surface area contributed by atoms with Gasteiger partial charge in [0.15, 0.2) is 5.13 Å². The first kappa shape index (κ1) is 34.4. The van der Waals surface area contributed by atoms with E-state index in [1.165, 1.54) is 49.5 Å². The number of para-hydroxylation sites is 1. The molecule has 1 atom stereocenters. The molecule has 16 heteroatoms. The predicted octanol–water partition coefficient (Wildman–Crippen LogP) is -0.0846. The third-order valence-corrected chi connectivity index (χ3v) is 5.28. The Morgan fingerprint density at radius 1 is 1.32 bits per heavy atom. The molecule has 210 valence electrons. The molecule has 0 radical (unpaired) electrons. The van der Waals surface area contributed by atoms with Crippen LogP contribution in [-0.2, 0) is 20.8 Å². The Labute approximate surface area is 224 Å². The maximum Gasteiger partial charge on any atom is 0.475 e. The van der Waals surface area contributed by atoms with Gasteiger partial charge in [0.25, 0.3) is 0 Å². The van der Waals surface area contributed by atoms with Crippen LogP contribution in [0.1, 0.15) is 48.3 Å². The van der Waals surface area contributed by atoms with E-state index in [2.05, 4.69) is 32.5 Å². The standard InChI is InChI=1S/C10H12BNO6.C8H12N4O2S.C4H11N/c13-5-12-8(11(17)18)4-6-2-1-3-7(9(6)14)10(15)16;1-5(12-14-2)6-4-15-8(10-6)11-7(13)3-9;1-2-3-4-5/h1-3,5,8,14,17-18H,4H2,(H,12,13)(H,15,16);4H,3,9H2,1-2H3,(H,10,11,13);2-5H2,1H3/b;12-5-;. The molecular weight excluding hydrogens is 519 g/mol. The summed E-state index contributed by atoms with van der Waals surface area (Å²) in [6.45, 7) is 4.69. The molecule has 0 saturated carbocycles. The number of carboxylic acids is 1. The number of aromatic carboxylic acids is 1. The molecule has 0 aliphatic carbocycles. The topological polar surface area (TPSA) is 243 Å². The SMILES string of the molecule is CCCCN.CO/N=C(/C)c1csc(NC(=O)CN)n1.O=CNC(Cc1cccc(C(=O)O)c1O)B(O)O. The number of rotatable bonds is 12. The molecule has 0 saturated heterocycles. The van der Waals surface area contributed by atoms with Gasteiger partial charge in [0.05, 0.1) is 12.5 Å². The van der Waals surface area contributed by atoms with Gasteiger partial charge in [-0.05, 0) is 37.9 Å². The maximum atomic E-state index is 11.0. The predicted molar refractivity (Wildman–Crippen MR) is 145 cm³/mol. The Morgan fingerprint density at radius 3 is 2.47 bits per heavy atom. The summed E-state index contributed by atoms with van der Waals surface area (Å²) < 4.78 is 0. The number of carbonyl (C=O) groups excluding carboxylic acids is 2. The van der Waals surface area contributed by atoms with Crippen molar-refractivity contribution in [1.29, 1.82) is 0 Å². The van der Waals surface area contributed by atoms with Crippen molar-refractivity contribution in [2.45, 2.75) is 39.1 Å². The highest BCUT2D eigenvalue weighted by Gasteiger charge is 2.25. The second-order valence-electron chi connectivity index (χ2n) is 7.42. The highest BCUT2D eigenvalue weighted by molar-refractivity contribution is 7.14. The molecule has 1 unspecified atom stereocenters. The van der Waals surface area contributed by atoms with Crippen LogP contribution in [0.3, 0.4) is 0 Å². The van der Waals surface area contributed by atoms with Crippen LogP contribution in [0.4, 0.5) is 5.13 Å².